The molecule has 0 aliphatic heterocycles. The molecule has 5 heteroatoms. The zero-order valence-electron chi connectivity index (χ0n) is 38.4. The van der Waals surface area contributed by atoms with E-state index >= 15 is 0 Å². The second-order valence-electron chi connectivity index (χ2n) is 18.1. The van der Waals surface area contributed by atoms with Crippen molar-refractivity contribution in [3.8, 4) is 33.4 Å². The van der Waals surface area contributed by atoms with E-state index in [2.05, 4.69) is 265 Å². The fourth-order valence-electron chi connectivity index (χ4n) is 10.4. The summed E-state index contributed by atoms with van der Waals surface area (Å²) in [6, 6.07) is 93.7. The molecule has 71 heavy (non-hydrogen) atoms. The maximum absolute atomic E-state index is 2.47. The Morgan fingerprint density at radius 1 is 0.211 bits per heavy atom. The van der Waals surface area contributed by atoms with Crippen molar-refractivity contribution in [1.29, 1.82) is 0 Å². The normalized spacial score (nSPS) is 11.7. The fourth-order valence-corrected chi connectivity index (χ4v) is 13.9. The van der Waals surface area contributed by atoms with Gasteiger partial charge in [-0.15, -0.1) is 34.0 Å². The summed E-state index contributed by atoms with van der Waals surface area (Å²) in [6.07, 6.45) is 0. The van der Waals surface area contributed by atoms with Crippen LogP contribution in [0.3, 0.4) is 0 Å². The van der Waals surface area contributed by atoms with Crippen LogP contribution >= 0.6 is 34.0 Å². The molecule has 0 bridgehead atoms. The van der Waals surface area contributed by atoms with E-state index in [-0.39, 0.29) is 0 Å². The van der Waals surface area contributed by atoms with Gasteiger partial charge in [0.15, 0.2) is 0 Å². The molecule has 0 spiro atoms. The number of fused-ring (bicyclic) bond motifs is 9. The molecule has 0 unspecified atom stereocenters. The maximum Gasteiger partial charge on any atom is 0.0640 e. The summed E-state index contributed by atoms with van der Waals surface area (Å²) in [5, 5.41) is 7.76. The van der Waals surface area contributed by atoms with Crippen LogP contribution in [0.5, 0.6) is 0 Å². The average Bonchev–Trinajstić information content (AvgIpc) is 4.13. The summed E-state index contributed by atoms with van der Waals surface area (Å²) in [7, 11) is 0. The van der Waals surface area contributed by atoms with Crippen LogP contribution in [0, 0.1) is 0 Å². The van der Waals surface area contributed by atoms with Crippen molar-refractivity contribution in [3.63, 3.8) is 0 Å². The Balaban J connectivity index is 0.902. The SMILES string of the molecule is c1ccc(-c2ccc(-c3cccc(N(c4cccc(-c5cccc(N(c6ccc7c(c6)sc6ccccc67)c6cccc7c6sc6ccccc67)c5)c4)c4ccc5c(c4)sc4ccccc45)c3)cc2)cc1. The number of nitrogens with zero attached hydrogens (tertiary/aromatic N) is 2. The molecule has 3 aromatic heterocycles. The minimum absolute atomic E-state index is 1.09. The number of hydrogen-bond donors (Lipinski definition) is 0. The van der Waals surface area contributed by atoms with Gasteiger partial charge < -0.3 is 9.80 Å². The molecular weight excluding hydrogens is 917 g/mol. The van der Waals surface area contributed by atoms with Gasteiger partial charge in [0.25, 0.3) is 0 Å². The van der Waals surface area contributed by atoms with Crippen LogP contribution in [0.1, 0.15) is 0 Å². The maximum atomic E-state index is 2.47. The lowest BCUT2D eigenvalue weighted by Crippen LogP contribution is -2.10. The summed E-state index contributed by atoms with van der Waals surface area (Å²) in [5.41, 5.74) is 13.8. The van der Waals surface area contributed by atoms with Crippen LogP contribution in [-0.4, -0.2) is 0 Å². The Morgan fingerprint density at radius 3 is 1.14 bits per heavy atom. The van der Waals surface area contributed by atoms with E-state index in [0.717, 1.165) is 39.6 Å². The monoisotopic (exact) mass is 958 g/mol. The molecule has 14 aromatic rings. The minimum atomic E-state index is 1.09. The highest BCUT2D eigenvalue weighted by molar-refractivity contribution is 7.27. The van der Waals surface area contributed by atoms with E-state index in [0.29, 0.717) is 0 Å². The van der Waals surface area contributed by atoms with Crippen LogP contribution in [0.25, 0.3) is 93.9 Å². The third kappa shape index (κ3) is 7.37. The van der Waals surface area contributed by atoms with Crippen molar-refractivity contribution < 1.29 is 0 Å². The van der Waals surface area contributed by atoms with Gasteiger partial charge in [0.1, 0.15) is 0 Å². The van der Waals surface area contributed by atoms with E-state index in [1.54, 1.807) is 0 Å². The molecule has 0 atom stereocenters. The van der Waals surface area contributed by atoms with E-state index in [1.165, 1.54) is 88.5 Å². The first-order chi connectivity index (χ1) is 35.2. The van der Waals surface area contributed by atoms with Crippen LogP contribution in [0.2, 0.25) is 0 Å². The molecule has 3 heterocycles. The van der Waals surface area contributed by atoms with Crippen LogP contribution in [0.4, 0.5) is 34.1 Å². The van der Waals surface area contributed by atoms with Gasteiger partial charge in [0.05, 0.1) is 10.4 Å². The van der Waals surface area contributed by atoms with Gasteiger partial charge >= 0.3 is 0 Å². The van der Waals surface area contributed by atoms with Gasteiger partial charge in [-0.3, -0.25) is 0 Å². The van der Waals surface area contributed by atoms with Crippen molar-refractivity contribution in [1.82, 2.24) is 0 Å². The van der Waals surface area contributed by atoms with Crippen molar-refractivity contribution >= 4 is 129 Å². The number of hydrogen-bond acceptors (Lipinski definition) is 5. The lowest BCUT2D eigenvalue weighted by molar-refractivity contribution is 1.29. The quantitative estimate of drug-likeness (QED) is 0.142. The van der Waals surface area contributed by atoms with E-state index < -0.39 is 0 Å². The van der Waals surface area contributed by atoms with Gasteiger partial charge in [-0.1, -0.05) is 170 Å². The smallest absolute Gasteiger partial charge is 0.0640 e. The molecule has 0 N–H and O–H groups in total. The Hall–Kier alpha value is -8.32. The topological polar surface area (TPSA) is 6.48 Å². The standard InChI is InChI=1S/C66H42N2S3/c1-2-14-43(15-3-1)44-30-32-45(33-31-44)46-16-10-19-49(38-46)67(52-34-36-57-54-22-4-7-27-61(54)69-64(57)41-52)50-20-11-17-47(39-50)48-18-12-21-51(40-48)68(53-35-37-58-55-23-5-8-28-62(55)70-65(58)42-53)60-26-13-25-59-56-24-6-9-29-63(56)71-66(59)60/h1-42H. The summed E-state index contributed by atoms with van der Waals surface area (Å²) in [6.45, 7) is 0. The molecule has 2 nitrogen and oxygen atoms in total. The molecule has 0 aliphatic carbocycles. The van der Waals surface area contributed by atoms with Gasteiger partial charge in [0, 0.05) is 84.3 Å². The lowest BCUT2D eigenvalue weighted by atomic mass is 9.99. The molecule has 0 radical (unpaired) electrons. The van der Waals surface area contributed by atoms with Gasteiger partial charge in [-0.05, 0) is 118 Å². The molecule has 0 saturated carbocycles. The first kappa shape index (κ1) is 41.6. The third-order valence-corrected chi connectivity index (χ3v) is 17.3. The number of thiophene rings is 3. The number of rotatable bonds is 9. The molecular formula is C66H42N2S3. The number of benzene rings is 11. The van der Waals surface area contributed by atoms with Crippen LogP contribution in [-0.2, 0) is 0 Å². The summed E-state index contributed by atoms with van der Waals surface area (Å²) >= 11 is 5.59. The first-order valence-electron chi connectivity index (χ1n) is 24.0. The molecule has 0 saturated heterocycles. The van der Waals surface area contributed by atoms with E-state index in [4.69, 9.17) is 0 Å². The summed E-state index contributed by atoms with van der Waals surface area (Å²) < 4.78 is 7.73. The van der Waals surface area contributed by atoms with Crippen molar-refractivity contribution in [2.45, 2.75) is 0 Å². The van der Waals surface area contributed by atoms with Crippen LogP contribution < -0.4 is 9.80 Å². The van der Waals surface area contributed by atoms with Crippen LogP contribution in [0.15, 0.2) is 255 Å². The Labute approximate surface area is 423 Å². The van der Waals surface area contributed by atoms with Crippen molar-refractivity contribution in [2.24, 2.45) is 0 Å². The molecule has 0 aliphatic rings. The number of anilines is 6. The highest BCUT2D eigenvalue weighted by Gasteiger charge is 2.21. The molecule has 14 rings (SSSR count). The Kier molecular flexibility index (Phi) is 10.1. The molecule has 0 amide bonds. The largest absolute Gasteiger partial charge is 0.310 e. The molecule has 11 aromatic carbocycles. The second-order valence-corrected chi connectivity index (χ2v) is 21.3. The molecule has 334 valence electrons. The van der Waals surface area contributed by atoms with Gasteiger partial charge in [0.2, 0.25) is 0 Å². The third-order valence-electron chi connectivity index (χ3n) is 13.8. The van der Waals surface area contributed by atoms with Gasteiger partial charge in [-0.2, -0.15) is 0 Å². The Bertz CT molecular complexity index is 4310. The van der Waals surface area contributed by atoms with E-state index in [1.807, 2.05) is 34.0 Å². The summed E-state index contributed by atoms with van der Waals surface area (Å²) in [4.78, 5) is 4.90. The fraction of sp³-hybridized carbons (Fsp3) is 0. The van der Waals surface area contributed by atoms with Crippen molar-refractivity contribution in [2.75, 3.05) is 9.80 Å². The average molecular weight is 959 g/mol. The van der Waals surface area contributed by atoms with Gasteiger partial charge in [-0.25, -0.2) is 0 Å². The second kappa shape index (κ2) is 17.3. The summed E-state index contributed by atoms with van der Waals surface area (Å²) in [5.74, 6) is 0. The highest BCUT2D eigenvalue weighted by Crippen LogP contribution is 2.48. The molecule has 0 fully saturated rings. The zero-order valence-corrected chi connectivity index (χ0v) is 40.8. The lowest BCUT2D eigenvalue weighted by Gasteiger charge is -2.27. The zero-order chi connectivity index (χ0) is 46.8. The first-order valence-corrected chi connectivity index (χ1v) is 26.4. The predicted molar refractivity (Wildman–Crippen MR) is 311 cm³/mol. The van der Waals surface area contributed by atoms with Crippen molar-refractivity contribution in [3.05, 3.63) is 255 Å². The minimum Gasteiger partial charge on any atom is -0.310 e. The highest BCUT2D eigenvalue weighted by atomic mass is 32.1. The van der Waals surface area contributed by atoms with E-state index in [9.17, 15) is 0 Å². The Morgan fingerprint density at radius 2 is 0.577 bits per heavy atom. The predicted octanol–water partition coefficient (Wildman–Crippen LogP) is 20.7.